The molecule has 0 radical (unpaired) electrons. The van der Waals surface area contributed by atoms with E-state index in [1.165, 1.54) is 13.8 Å². The molecule has 9 heteroatoms. The summed E-state index contributed by atoms with van der Waals surface area (Å²) in [5, 5.41) is 6.23. The zero-order chi connectivity index (χ0) is 16.5. The van der Waals surface area contributed by atoms with Crippen LogP contribution in [0, 0.1) is 6.92 Å². The molecule has 1 aromatic heterocycles. The topological polar surface area (TPSA) is 56.2 Å². The van der Waals surface area contributed by atoms with Crippen LogP contribution in [0.25, 0.3) is 0 Å². The van der Waals surface area contributed by atoms with Gasteiger partial charge in [0.05, 0.1) is 16.3 Å². The van der Waals surface area contributed by atoms with Gasteiger partial charge in [-0.15, -0.1) is 0 Å². The van der Waals surface area contributed by atoms with Crippen LogP contribution in [0.3, 0.4) is 0 Å². The fourth-order valence-corrected chi connectivity index (χ4v) is 2.82. The van der Waals surface area contributed by atoms with Crippen molar-refractivity contribution in [2.24, 2.45) is 0 Å². The molecule has 1 fully saturated rings. The summed E-state index contributed by atoms with van der Waals surface area (Å²) in [6, 6.07) is -0.839. The fraction of sp³-hybridized carbons (Fsp3) is 0.692. The number of rotatable bonds is 4. The van der Waals surface area contributed by atoms with Gasteiger partial charge in [0.1, 0.15) is 6.04 Å². The molecule has 22 heavy (non-hydrogen) atoms. The number of halogens is 4. The number of ether oxygens (including phenoxy) is 1. The van der Waals surface area contributed by atoms with E-state index in [2.05, 4.69) is 26.3 Å². The Morgan fingerprint density at radius 2 is 2.27 bits per heavy atom. The van der Waals surface area contributed by atoms with Crippen LogP contribution in [0.15, 0.2) is 4.47 Å². The summed E-state index contributed by atoms with van der Waals surface area (Å²) in [6.07, 6.45) is -2.76. The maximum absolute atomic E-state index is 12.8. The van der Waals surface area contributed by atoms with E-state index in [-0.39, 0.29) is 22.2 Å². The first-order chi connectivity index (χ1) is 10.2. The fourth-order valence-electron chi connectivity index (χ4n) is 2.34. The Balaban J connectivity index is 2.08. The highest BCUT2D eigenvalue weighted by atomic mass is 79.9. The molecular weight excluding hydrogens is 367 g/mol. The van der Waals surface area contributed by atoms with E-state index in [9.17, 15) is 18.0 Å². The van der Waals surface area contributed by atoms with Crippen molar-refractivity contribution >= 4 is 21.8 Å². The lowest BCUT2D eigenvalue weighted by Crippen LogP contribution is -2.36. The molecule has 0 aromatic carbocycles. The van der Waals surface area contributed by atoms with Gasteiger partial charge in [0.2, 0.25) is 5.91 Å². The van der Waals surface area contributed by atoms with E-state index >= 15 is 0 Å². The summed E-state index contributed by atoms with van der Waals surface area (Å²) >= 11 is 2.89. The number of nitrogens with one attached hydrogen (secondary N) is 1. The van der Waals surface area contributed by atoms with E-state index in [0.29, 0.717) is 13.2 Å². The van der Waals surface area contributed by atoms with Gasteiger partial charge in [-0.25, -0.2) is 0 Å². The zero-order valence-electron chi connectivity index (χ0n) is 12.2. The van der Waals surface area contributed by atoms with E-state index in [1.54, 1.807) is 0 Å². The molecule has 0 spiro atoms. The largest absolute Gasteiger partial charge is 0.436 e. The van der Waals surface area contributed by atoms with Crippen molar-refractivity contribution in [2.45, 2.75) is 45.0 Å². The quantitative estimate of drug-likeness (QED) is 0.869. The third-order valence-electron chi connectivity index (χ3n) is 3.62. The Bertz CT molecular complexity index is 553. The number of amides is 1. The Labute approximate surface area is 134 Å². The summed E-state index contributed by atoms with van der Waals surface area (Å²) in [5.74, 6) is -0.387. The molecule has 1 N–H and O–H groups in total. The van der Waals surface area contributed by atoms with Crippen molar-refractivity contribution in [3.05, 3.63) is 15.9 Å². The first kappa shape index (κ1) is 17.3. The minimum Gasteiger partial charge on any atom is -0.376 e. The van der Waals surface area contributed by atoms with Crippen molar-refractivity contribution in [3.8, 4) is 0 Å². The number of alkyl halides is 3. The van der Waals surface area contributed by atoms with Crippen molar-refractivity contribution in [1.29, 1.82) is 0 Å². The highest BCUT2D eigenvalue weighted by Crippen LogP contribution is 2.36. The average molecular weight is 384 g/mol. The molecule has 1 aliphatic heterocycles. The molecule has 5 nitrogen and oxygen atoms in total. The van der Waals surface area contributed by atoms with Gasteiger partial charge in [0, 0.05) is 13.2 Å². The lowest BCUT2D eigenvalue weighted by molar-refractivity contribution is -0.142. The van der Waals surface area contributed by atoms with Gasteiger partial charge < -0.3 is 10.1 Å². The number of carbonyl (C=O) groups is 1. The molecule has 124 valence electrons. The molecule has 1 aliphatic rings. The normalized spacial score (nSPS) is 20.2. The number of carbonyl (C=O) groups excluding carboxylic acids is 1. The molecule has 2 unspecified atom stereocenters. The lowest BCUT2D eigenvalue weighted by Gasteiger charge is -2.16. The standard InChI is InChI=1S/C13H17BrF3N3O2/c1-7-10(14)11(13(15,16)17)19-20(7)8(2)12(21)18-6-9-4-3-5-22-9/h8-9H,3-6H2,1-2H3,(H,18,21). The summed E-state index contributed by atoms with van der Waals surface area (Å²) in [5.41, 5.74) is -0.768. The van der Waals surface area contributed by atoms with Gasteiger partial charge in [-0.05, 0) is 42.6 Å². The van der Waals surface area contributed by atoms with E-state index < -0.39 is 17.9 Å². The molecule has 2 heterocycles. The van der Waals surface area contributed by atoms with E-state index in [4.69, 9.17) is 4.74 Å². The summed E-state index contributed by atoms with van der Waals surface area (Å²) in [7, 11) is 0. The second-order valence-corrected chi connectivity index (χ2v) is 6.04. The van der Waals surface area contributed by atoms with Gasteiger partial charge in [0.25, 0.3) is 0 Å². The Hall–Kier alpha value is -1.09. The Morgan fingerprint density at radius 1 is 1.59 bits per heavy atom. The lowest BCUT2D eigenvalue weighted by atomic mass is 10.2. The average Bonchev–Trinajstić information content (AvgIpc) is 3.04. The first-order valence-electron chi connectivity index (χ1n) is 6.93. The van der Waals surface area contributed by atoms with Crippen molar-refractivity contribution in [3.63, 3.8) is 0 Å². The van der Waals surface area contributed by atoms with E-state index in [1.807, 2.05) is 0 Å². The highest BCUT2D eigenvalue weighted by Gasteiger charge is 2.39. The van der Waals surface area contributed by atoms with Gasteiger partial charge in [-0.2, -0.15) is 18.3 Å². The molecule has 0 aliphatic carbocycles. The molecule has 1 aromatic rings. The predicted octanol–water partition coefficient (Wildman–Crippen LogP) is 2.83. The van der Waals surface area contributed by atoms with Gasteiger partial charge in [-0.3, -0.25) is 9.48 Å². The number of hydrogen-bond acceptors (Lipinski definition) is 3. The number of nitrogens with zero attached hydrogens (tertiary/aromatic N) is 2. The monoisotopic (exact) mass is 383 g/mol. The van der Waals surface area contributed by atoms with Crippen LogP contribution >= 0.6 is 15.9 Å². The third-order valence-corrected chi connectivity index (χ3v) is 4.57. The van der Waals surface area contributed by atoms with Gasteiger partial charge in [0.15, 0.2) is 5.69 Å². The summed E-state index contributed by atoms with van der Waals surface area (Å²) in [4.78, 5) is 12.1. The second kappa shape index (κ2) is 6.57. The van der Waals surface area contributed by atoms with Crippen LogP contribution in [-0.4, -0.2) is 34.9 Å². The van der Waals surface area contributed by atoms with Crippen LogP contribution in [0.2, 0.25) is 0 Å². The van der Waals surface area contributed by atoms with Crippen LogP contribution in [0.1, 0.15) is 37.2 Å². The van der Waals surface area contributed by atoms with Gasteiger partial charge in [-0.1, -0.05) is 0 Å². The predicted molar refractivity (Wildman–Crippen MR) is 76.4 cm³/mol. The summed E-state index contributed by atoms with van der Waals surface area (Å²) in [6.45, 7) is 4.03. The molecule has 2 atom stereocenters. The maximum Gasteiger partial charge on any atom is 0.436 e. The van der Waals surface area contributed by atoms with Crippen LogP contribution in [0.4, 0.5) is 13.2 Å². The Morgan fingerprint density at radius 3 is 2.77 bits per heavy atom. The molecule has 0 saturated carbocycles. The van der Waals surface area contributed by atoms with Crippen molar-refractivity contribution < 1.29 is 22.7 Å². The SMILES string of the molecule is Cc1c(Br)c(C(F)(F)F)nn1C(C)C(=O)NCC1CCCO1. The van der Waals surface area contributed by atoms with Gasteiger partial charge >= 0.3 is 6.18 Å². The summed E-state index contributed by atoms with van der Waals surface area (Å²) < 4.78 is 44.8. The molecule has 0 bridgehead atoms. The third kappa shape index (κ3) is 3.62. The highest BCUT2D eigenvalue weighted by molar-refractivity contribution is 9.10. The van der Waals surface area contributed by atoms with Crippen molar-refractivity contribution in [2.75, 3.05) is 13.2 Å². The Kier molecular flexibility index (Phi) is 5.16. The minimum absolute atomic E-state index is 0.0210. The molecule has 1 saturated heterocycles. The van der Waals surface area contributed by atoms with Crippen LogP contribution in [0.5, 0.6) is 0 Å². The minimum atomic E-state index is -4.57. The number of aromatic nitrogens is 2. The second-order valence-electron chi connectivity index (χ2n) is 5.25. The molecular formula is C13H17BrF3N3O2. The molecule has 2 rings (SSSR count). The smallest absolute Gasteiger partial charge is 0.376 e. The van der Waals surface area contributed by atoms with E-state index in [0.717, 1.165) is 17.5 Å². The maximum atomic E-state index is 12.8. The zero-order valence-corrected chi connectivity index (χ0v) is 13.8. The van der Waals surface area contributed by atoms with Crippen molar-refractivity contribution in [1.82, 2.24) is 15.1 Å². The number of hydrogen-bond donors (Lipinski definition) is 1. The molecule has 1 amide bonds. The van der Waals surface area contributed by atoms with Crippen LogP contribution < -0.4 is 5.32 Å². The first-order valence-corrected chi connectivity index (χ1v) is 7.72. The van der Waals surface area contributed by atoms with Crippen LogP contribution in [-0.2, 0) is 15.7 Å².